The van der Waals surface area contributed by atoms with Gasteiger partial charge < -0.3 is 10.4 Å². The summed E-state index contributed by atoms with van der Waals surface area (Å²) >= 11 is 3.21. The summed E-state index contributed by atoms with van der Waals surface area (Å²) in [4.78, 5) is 25.3. The second kappa shape index (κ2) is 6.84. The molecule has 1 unspecified atom stereocenters. The third-order valence-electron chi connectivity index (χ3n) is 2.70. The Morgan fingerprint density at radius 2 is 2.14 bits per heavy atom. The van der Waals surface area contributed by atoms with E-state index < -0.39 is 16.9 Å². The summed E-state index contributed by atoms with van der Waals surface area (Å²) in [7, 11) is 0. The quantitative estimate of drug-likeness (QED) is 0.595. The number of nitrogens with one attached hydrogen (secondary N) is 1. The number of rotatable bonds is 6. The van der Waals surface area contributed by atoms with E-state index in [2.05, 4.69) is 26.2 Å². The maximum absolute atomic E-state index is 11.1. The summed E-state index contributed by atoms with van der Waals surface area (Å²) in [6.07, 6.45) is 3.01. The Hall–Kier alpha value is -1.70. The lowest BCUT2D eigenvalue weighted by Crippen LogP contribution is -2.28. The number of anilines is 1. The third kappa shape index (κ3) is 5.66. The smallest absolute Gasteiger partial charge is 0.311 e. The summed E-state index contributed by atoms with van der Waals surface area (Å²) in [5.74, 6) is -0.954. The number of hydrogen-bond donors (Lipinski definition) is 2. The lowest BCUT2D eigenvalue weighted by molar-refractivity contribution is -0.384. The zero-order chi connectivity index (χ0) is 16.2. The van der Waals surface area contributed by atoms with E-state index >= 15 is 0 Å². The summed E-state index contributed by atoms with van der Waals surface area (Å²) in [5, 5.41) is 23.0. The molecule has 7 nitrogen and oxygen atoms in total. The molecule has 0 bridgehead atoms. The summed E-state index contributed by atoms with van der Waals surface area (Å²) in [6, 6.07) is -0.417. The van der Waals surface area contributed by atoms with Crippen molar-refractivity contribution in [2.24, 2.45) is 5.41 Å². The minimum absolute atomic E-state index is 0.110. The molecule has 8 heteroatoms. The molecule has 0 aliphatic carbocycles. The second-order valence-electron chi connectivity index (χ2n) is 5.98. The maximum atomic E-state index is 11.1. The molecule has 0 aliphatic rings. The summed E-state index contributed by atoms with van der Waals surface area (Å²) in [5.41, 5.74) is -0.0410. The second-order valence-corrected chi connectivity index (χ2v) is 6.83. The van der Waals surface area contributed by atoms with Gasteiger partial charge in [-0.2, -0.15) is 0 Å². The van der Waals surface area contributed by atoms with Crippen LogP contribution < -0.4 is 5.32 Å². The molecule has 1 rings (SSSR count). The molecule has 1 aromatic heterocycles. The Balaban J connectivity index is 3.08. The van der Waals surface area contributed by atoms with Crippen molar-refractivity contribution in [3.05, 3.63) is 27.0 Å². The van der Waals surface area contributed by atoms with E-state index in [-0.39, 0.29) is 23.2 Å². The van der Waals surface area contributed by atoms with E-state index in [1.165, 1.54) is 6.20 Å². The third-order valence-corrected chi connectivity index (χ3v) is 3.31. The van der Waals surface area contributed by atoms with Crippen LogP contribution in [0.15, 0.2) is 16.9 Å². The Morgan fingerprint density at radius 3 is 2.62 bits per heavy atom. The number of aromatic nitrogens is 1. The number of carboxylic acids is 1. The van der Waals surface area contributed by atoms with Crippen LogP contribution in [0.1, 0.15) is 33.6 Å². The highest BCUT2D eigenvalue weighted by Gasteiger charge is 2.25. The molecule has 0 spiro atoms. The van der Waals surface area contributed by atoms with E-state index in [9.17, 15) is 14.9 Å². The molecule has 0 fully saturated rings. The zero-order valence-electron chi connectivity index (χ0n) is 12.1. The maximum Gasteiger partial charge on any atom is 0.311 e. The van der Waals surface area contributed by atoms with Crippen molar-refractivity contribution >= 4 is 33.3 Å². The molecule has 0 aliphatic heterocycles. The fourth-order valence-corrected chi connectivity index (χ4v) is 2.47. The monoisotopic (exact) mass is 359 g/mol. The summed E-state index contributed by atoms with van der Waals surface area (Å²) < 4.78 is 0.431. The van der Waals surface area contributed by atoms with Gasteiger partial charge >= 0.3 is 11.7 Å². The molecule has 1 atom stereocenters. The van der Waals surface area contributed by atoms with E-state index in [0.717, 1.165) is 6.20 Å². The largest absolute Gasteiger partial charge is 0.481 e. The molecule has 0 amide bonds. The number of carbonyl (C=O) groups is 1. The van der Waals surface area contributed by atoms with Crippen molar-refractivity contribution in [2.75, 3.05) is 5.32 Å². The molecule has 116 valence electrons. The van der Waals surface area contributed by atoms with Gasteiger partial charge in [-0.15, -0.1) is 0 Å². The number of hydrogen-bond acceptors (Lipinski definition) is 5. The Kier molecular flexibility index (Phi) is 5.65. The minimum Gasteiger partial charge on any atom is -0.481 e. The van der Waals surface area contributed by atoms with E-state index in [0.29, 0.717) is 10.9 Å². The molecule has 21 heavy (non-hydrogen) atoms. The zero-order valence-corrected chi connectivity index (χ0v) is 13.7. The lowest BCUT2D eigenvalue weighted by atomic mass is 9.87. The molecule has 0 radical (unpaired) electrons. The van der Waals surface area contributed by atoms with Crippen molar-refractivity contribution in [3.8, 4) is 0 Å². The van der Waals surface area contributed by atoms with Gasteiger partial charge in [-0.3, -0.25) is 19.9 Å². The number of nitrogens with zero attached hydrogens (tertiary/aromatic N) is 2. The van der Waals surface area contributed by atoms with Crippen LogP contribution in [0.2, 0.25) is 0 Å². The van der Waals surface area contributed by atoms with Gasteiger partial charge in [0.15, 0.2) is 0 Å². The standard InChI is InChI=1S/C13H18BrN3O4/c1-13(2,3)5-8(4-11(18)19)16-12-9(14)6-15-7-10(12)17(20)21/h6-8H,4-5H2,1-3H3,(H,15,16)(H,18,19). The van der Waals surface area contributed by atoms with Crippen LogP contribution in [0, 0.1) is 15.5 Å². The first-order valence-corrected chi connectivity index (χ1v) is 7.15. The van der Waals surface area contributed by atoms with Gasteiger partial charge in [0.25, 0.3) is 0 Å². The molecule has 0 saturated heterocycles. The van der Waals surface area contributed by atoms with E-state index in [1.54, 1.807) is 0 Å². The van der Waals surface area contributed by atoms with Gasteiger partial charge in [-0.25, -0.2) is 0 Å². The molecule has 1 heterocycles. The molecular weight excluding hydrogens is 342 g/mol. The van der Waals surface area contributed by atoms with Crippen LogP contribution >= 0.6 is 15.9 Å². The Morgan fingerprint density at radius 1 is 1.52 bits per heavy atom. The van der Waals surface area contributed by atoms with Crippen LogP contribution in [-0.4, -0.2) is 27.0 Å². The summed E-state index contributed by atoms with van der Waals surface area (Å²) in [6.45, 7) is 5.96. The molecule has 2 N–H and O–H groups in total. The highest BCUT2D eigenvalue weighted by atomic mass is 79.9. The number of aliphatic carboxylic acids is 1. The fourth-order valence-electron chi connectivity index (χ4n) is 2.03. The molecule has 1 aromatic rings. The van der Waals surface area contributed by atoms with Crippen LogP contribution in [-0.2, 0) is 4.79 Å². The SMILES string of the molecule is CC(C)(C)CC(CC(=O)O)Nc1c(Br)cncc1[N+](=O)[O-]. The Bertz CT molecular complexity index is 543. The number of carboxylic acid groups (broad SMARTS) is 1. The van der Waals surface area contributed by atoms with Gasteiger partial charge in [0, 0.05) is 12.2 Å². The average Bonchev–Trinajstić information content (AvgIpc) is 2.28. The van der Waals surface area contributed by atoms with Crippen LogP contribution in [0.4, 0.5) is 11.4 Å². The lowest BCUT2D eigenvalue weighted by Gasteiger charge is -2.26. The van der Waals surface area contributed by atoms with Crippen molar-refractivity contribution in [2.45, 2.75) is 39.7 Å². The van der Waals surface area contributed by atoms with Gasteiger partial charge in [0.05, 0.1) is 15.8 Å². The first-order chi connectivity index (χ1) is 9.60. The van der Waals surface area contributed by atoms with Gasteiger partial charge in [-0.05, 0) is 27.8 Å². The average molecular weight is 360 g/mol. The van der Waals surface area contributed by atoms with E-state index in [4.69, 9.17) is 5.11 Å². The number of nitro groups is 1. The van der Waals surface area contributed by atoms with Crippen molar-refractivity contribution in [1.82, 2.24) is 4.98 Å². The topological polar surface area (TPSA) is 105 Å². The van der Waals surface area contributed by atoms with Crippen molar-refractivity contribution in [3.63, 3.8) is 0 Å². The number of halogens is 1. The van der Waals surface area contributed by atoms with Crippen LogP contribution in [0.25, 0.3) is 0 Å². The first kappa shape index (κ1) is 17.4. The molecule has 0 saturated carbocycles. The van der Waals surface area contributed by atoms with Crippen LogP contribution in [0.3, 0.4) is 0 Å². The van der Waals surface area contributed by atoms with Crippen LogP contribution in [0.5, 0.6) is 0 Å². The predicted octanol–water partition coefficient (Wildman–Crippen LogP) is 3.44. The highest BCUT2D eigenvalue weighted by molar-refractivity contribution is 9.10. The van der Waals surface area contributed by atoms with Gasteiger partial charge in [0.1, 0.15) is 11.9 Å². The van der Waals surface area contributed by atoms with E-state index in [1.807, 2.05) is 20.8 Å². The van der Waals surface area contributed by atoms with Crippen molar-refractivity contribution in [1.29, 1.82) is 0 Å². The normalized spacial score (nSPS) is 12.8. The van der Waals surface area contributed by atoms with Gasteiger partial charge in [-0.1, -0.05) is 20.8 Å². The van der Waals surface area contributed by atoms with Gasteiger partial charge in [0.2, 0.25) is 0 Å². The highest BCUT2D eigenvalue weighted by Crippen LogP contribution is 2.33. The number of pyridine rings is 1. The first-order valence-electron chi connectivity index (χ1n) is 6.36. The molecular formula is C13H18BrN3O4. The minimum atomic E-state index is -0.954. The fraction of sp³-hybridized carbons (Fsp3) is 0.538. The predicted molar refractivity (Wildman–Crippen MR) is 82.3 cm³/mol. The van der Waals surface area contributed by atoms with Crippen molar-refractivity contribution < 1.29 is 14.8 Å². The molecule has 0 aromatic carbocycles. The Labute approximate surface area is 131 Å².